The predicted molar refractivity (Wildman–Crippen MR) is 162 cm³/mol. The average Bonchev–Trinajstić information content (AvgIpc) is 3.31. The number of anilines is 1. The van der Waals surface area contributed by atoms with Crippen molar-refractivity contribution in [2.24, 2.45) is 0 Å². The number of halogens is 1. The van der Waals surface area contributed by atoms with Gasteiger partial charge in [-0.2, -0.15) is 0 Å². The van der Waals surface area contributed by atoms with Crippen molar-refractivity contribution in [2.75, 3.05) is 18.0 Å². The molecule has 4 rings (SSSR count). The van der Waals surface area contributed by atoms with Crippen molar-refractivity contribution >= 4 is 23.5 Å². The number of nitrogens with zero attached hydrogens (tertiary/aromatic N) is 5. The number of rotatable bonds is 6. The predicted octanol–water partition coefficient (Wildman–Crippen LogP) is 6.83. The van der Waals surface area contributed by atoms with Crippen LogP contribution in [0.3, 0.4) is 0 Å². The summed E-state index contributed by atoms with van der Waals surface area (Å²) in [6.45, 7) is 17.1. The van der Waals surface area contributed by atoms with Crippen molar-refractivity contribution in [3.63, 3.8) is 0 Å². The lowest BCUT2D eigenvalue weighted by Crippen LogP contribution is -2.50. The number of amides is 2. The van der Waals surface area contributed by atoms with E-state index in [1.165, 1.54) is 9.80 Å². The highest BCUT2D eigenvalue weighted by molar-refractivity contribution is 5.92. The summed E-state index contributed by atoms with van der Waals surface area (Å²) in [7, 11) is 0. The van der Waals surface area contributed by atoms with Gasteiger partial charge in [-0.3, -0.25) is 4.90 Å². The Kier molecular flexibility index (Phi) is 9.22. The maximum atomic E-state index is 15.4. The van der Waals surface area contributed by atoms with E-state index in [0.717, 1.165) is 16.8 Å². The summed E-state index contributed by atoms with van der Waals surface area (Å²) in [5.41, 5.74) is 2.21. The van der Waals surface area contributed by atoms with E-state index in [-0.39, 0.29) is 37.9 Å². The summed E-state index contributed by atoms with van der Waals surface area (Å²) in [6.07, 6.45) is -1.47. The molecule has 11 heteroatoms. The van der Waals surface area contributed by atoms with Crippen LogP contribution in [0.2, 0.25) is 0 Å². The van der Waals surface area contributed by atoms with E-state index < -0.39 is 35.7 Å². The minimum atomic E-state index is -1.47. The smallest absolute Gasteiger partial charge is 0.415 e. The lowest BCUT2D eigenvalue weighted by Gasteiger charge is -2.35. The molecular weight excluding hydrogens is 553 g/mol. The maximum Gasteiger partial charge on any atom is 0.415 e. The third-order valence-electron chi connectivity index (χ3n) is 6.94. The zero-order valence-corrected chi connectivity index (χ0v) is 26.7. The molecular formula is C32H44FN5O5. The van der Waals surface area contributed by atoms with E-state index in [1.54, 1.807) is 37.5 Å². The number of piperidine rings is 1. The zero-order valence-electron chi connectivity index (χ0n) is 26.7. The number of benzene rings is 1. The molecule has 0 saturated carbocycles. The molecule has 43 heavy (non-hydrogen) atoms. The first-order valence-corrected chi connectivity index (χ1v) is 14.7. The van der Waals surface area contributed by atoms with Gasteiger partial charge in [-0.25, -0.2) is 23.5 Å². The number of carbonyl (C=O) groups is 2. The Hall–Kier alpha value is -3.89. The fourth-order valence-corrected chi connectivity index (χ4v) is 4.78. The fourth-order valence-electron chi connectivity index (χ4n) is 4.78. The van der Waals surface area contributed by atoms with Gasteiger partial charge in [0.25, 0.3) is 0 Å². The van der Waals surface area contributed by atoms with Crippen molar-refractivity contribution in [1.29, 1.82) is 0 Å². The molecule has 2 amide bonds. The van der Waals surface area contributed by atoms with Gasteiger partial charge in [-0.15, -0.1) is 5.10 Å². The van der Waals surface area contributed by atoms with E-state index in [9.17, 15) is 9.59 Å². The van der Waals surface area contributed by atoms with Crippen LogP contribution in [0.5, 0.6) is 5.88 Å². The zero-order chi connectivity index (χ0) is 31.7. The van der Waals surface area contributed by atoms with E-state index in [0.29, 0.717) is 11.3 Å². The third kappa shape index (κ3) is 7.94. The van der Waals surface area contributed by atoms with Crippen molar-refractivity contribution in [3.8, 4) is 5.88 Å². The highest BCUT2D eigenvalue weighted by Gasteiger charge is 2.36. The first kappa shape index (κ1) is 32.0. The second-order valence-corrected chi connectivity index (χ2v) is 13.3. The van der Waals surface area contributed by atoms with E-state index in [4.69, 9.17) is 14.2 Å². The molecule has 0 spiro atoms. The number of hydrogen-bond acceptors (Lipinski definition) is 7. The van der Waals surface area contributed by atoms with Gasteiger partial charge in [0.05, 0.1) is 30.7 Å². The number of alkyl halides is 1. The minimum Gasteiger partial charge on any atom is -0.470 e. The van der Waals surface area contributed by atoms with Crippen LogP contribution >= 0.6 is 0 Å². The highest BCUT2D eigenvalue weighted by Crippen LogP contribution is 2.32. The number of fused-ring (bicyclic) bond motifs is 1. The summed E-state index contributed by atoms with van der Waals surface area (Å²) < 4.78 is 34.5. The molecule has 0 aliphatic carbocycles. The summed E-state index contributed by atoms with van der Waals surface area (Å²) >= 11 is 0. The van der Waals surface area contributed by atoms with E-state index >= 15 is 4.39 Å². The molecule has 0 bridgehead atoms. The number of likely N-dealkylation sites (tertiary alicyclic amines) is 1. The minimum absolute atomic E-state index is 0.0583. The largest absolute Gasteiger partial charge is 0.470 e. The molecule has 1 aliphatic rings. The van der Waals surface area contributed by atoms with Crippen LogP contribution in [-0.2, 0) is 16.0 Å². The Morgan fingerprint density at radius 2 is 1.77 bits per heavy atom. The molecule has 2 unspecified atom stereocenters. The number of ether oxygens (including phenoxy) is 3. The monoisotopic (exact) mass is 597 g/mol. The van der Waals surface area contributed by atoms with E-state index in [2.05, 4.69) is 10.1 Å². The Bertz CT molecular complexity index is 1460. The van der Waals surface area contributed by atoms with Gasteiger partial charge < -0.3 is 19.1 Å². The molecule has 234 valence electrons. The van der Waals surface area contributed by atoms with Crippen LogP contribution in [0.1, 0.15) is 84.5 Å². The Morgan fingerprint density at radius 1 is 1.09 bits per heavy atom. The Labute approximate surface area is 253 Å². The van der Waals surface area contributed by atoms with Crippen LogP contribution in [0.4, 0.5) is 19.7 Å². The van der Waals surface area contributed by atoms with Gasteiger partial charge in [0.1, 0.15) is 17.3 Å². The molecule has 1 aliphatic heterocycles. The van der Waals surface area contributed by atoms with Crippen LogP contribution in [0, 0.1) is 6.92 Å². The van der Waals surface area contributed by atoms with Gasteiger partial charge in [0.15, 0.2) is 11.8 Å². The molecule has 0 radical (unpaired) electrons. The van der Waals surface area contributed by atoms with Crippen LogP contribution in [-0.4, -0.2) is 68.3 Å². The number of imidazole rings is 1. The topological polar surface area (TPSA) is 98.5 Å². The molecule has 0 N–H and O–H groups in total. The summed E-state index contributed by atoms with van der Waals surface area (Å²) in [6, 6.07) is 9.42. The number of aromatic nitrogens is 3. The van der Waals surface area contributed by atoms with Crippen LogP contribution in [0.25, 0.3) is 5.65 Å². The number of aryl methyl sites for hydroxylation is 1. The third-order valence-corrected chi connectivity index (χ3v) is 6.94. The van der Waals surface area contributed by atoms with Crippen molar-refractivity contribution < 1.29 is 28.2 Å². The highest BCUT2D eigenvalue weighted by atomic mass is 19.1. The summed E-state index contributed by atoms with van der Waals surface area (Å²) in [5.74, 6) is 0.196. The van der Waals surface area contributed by atoms with Crippen molar-refractivity contribution in [1.82, 2.24) is 19.5 Å². The SMILES string of the molecule is Cc1ccccc1CN(C(=O)OC(C)(C)C)c1cc(OC2CCN(C(=O)OC(C)(C)C)CC2F)nn2c(C(C)C)cnc12. The first-order chi connectivity index (χ1) is 20.0. The molecule has 1 aromatic carbocycles. The lowest BCUT2D eigenvalue weighted by molar-refractivity contribution is -0.0117. The van der Waals surface area contributed by atoms with Crippen LogP contribution in [0.15, 0.2) is 36.5 Å². The molecule has 10 nitrogen and oxygen atoms in total. The average molecular weight is 598 g/mol. The van der Waals surface area contributed by atoms with Gasteiger partial charge in [0.2, 0.25) is 5.88 Å². The second-order valence-electron chi connectivity index (χ2n) is 13.3. The quantitative estimate of drug-likeness (QED) is 0.307. The van der Waals surface area contributed by atoms with Crippen molar-refractivity contribution in [3.05, 3.63) is 53.3 Å². The first-order valence-electron chi connectivity index (χ1n) is 14.7. The molecule has 1 saturated heterocycles. The lowest BCUT2D eigenvalue weighted by atomic mass is 10.1. The summed E-state index contributed by atoms with van der Waals surface area (Å²) in [5, 5.41) is 4.67. The molecule has 1 fully saturated rings. The molecule has 2 aromatic heterocycles. The second kappa shape index (κ2) is 12.4. The standard InChI is InChI=1S/C32H44FN5O5/c1-20(2)25-17-34-28-24(37(30(40)43-32(7,8)9)18-22-13-11-10-12-21(22)3)16-27(35-38(25)28)41-26-14-15-36(19-23(26)33)29(39)42-31(4,5)6/h10-13,16-17,20,23,26H,14-15,18-19H2,1-9H3. The van der Waals surface area contributed by atoms with Gasteiger partial charge in [0, 0.05) is 19.0 Å². The summed E-state index contributed by atoms with van der Waals surface area (Å²) in [4.78, 5) is 33.7. The molecule has 3 aromatic rings. The molecule has 2 atom stereocenters. The van der Waals surface area contributed by atoms with Crippen molar-refractivity contribution in [2.45, 2.75) is 105 Å². The maximum absolute atomic E-state index is 15.4. The fraction of sp³-hybridized carbons (Fsp3) is 0.562. The Morgan fingerprint density at radius 3 is 2.37 bits per heavy atom. The number of hydrogen-bond donors (Lipinski definition) is 0. The van der Waals surface area contributed by atoms with Gasteiger partial charge in [-0.1, -0.05) is 38.1 Å². The van der Waals surface area contributed by atoms with Crippen LogP contribution < -0.4 is 9.64 Å². The Balaban J connectivity index is 1.71. The van der Waals surface area contributed by atoms with Gasteiger partial charge >= 0.3 is 12.2 Å². The molecule has 3 heterocycles. The normalized spacial score (nSPS) is 17.7. The number of carbonyl (C=O) groups excluding carboxylic acids is 2. The van der Waals surface area contributed by atoms with E-state index in [1.807, 2.05) is 65.8 Å². The van der Waals surface area contributed by atoms with Gasteiger partial charge in [-0.05, 0) is 65.5 Å².